The average molecular weight is 122 g/mol. The zero-order valence-electron chi connectivity index (χ0n) is 3.39. The summed E-state index contributed by atoms with van der Waals surface area (Å²) < 4.78 is 20.3. The molecule has 7 heavy (non-hydrogen) atoms. The zero-order valence-corrected chi connectivity index (χ0v) is 4.20. The lowest BCUT2D eigenvalue weighted by atomic mass is 10.8. The van der Waals surface area contributed by atoms with E-state index >= 15 is 0 Å². The Hall–Kier alpha value is -0.380. The van der Waals surface area contributed by atoms with Gasteiger partial charge >= 0.3 is 5.24 Å². The molecule has 4 heteroatoms. The third-order valence-corrected chi connectivity index (χ3v) is 0.770. The highest BCUT2D eigenvalue weighted by Crippen LogP contribution is 2.05. The topological polar surface area (TPSA) is 18.5 Å². The second-order valence-electron chi connectivity index (χ2n) is 1.09. The van der Waals surface area contributed by atoms with Gasteiger partial charge in [-0.15, -0.1) is 0 Å². The summed E-state index contributed by atoms with van der Waals surface area (Å²) in [6, 6.07) is 0. The van der Waals surface area contributed by atoms with Crippen LogP contribution in [0.2, 0.25) is 0 Å². The van der Waals surface area contributed by atoms with E-state index in [2.05, 4.69) is 21.7 Å². The van der Waals surface area contributed by atoms with Crippen LogP contribution in [0.4, 0.5) is 4.39 Å². The highest BCUT2D eigenvalue weighted by molar-refractivity contribution is 7.79. The van der Waals surface area contributed by atoms with E-state index in [9.17, 15) is 4.39 Å². The number of halogens is 1. The lowest BCUT2D eigenvalue weighted by molar-refractivity contribution is 0.0854. The van der Waals surface area contributed by atoms with Crippen molar-refractivity contribution in [2.24, 2.45) is 0 Å². The van der Waals surface area contributed by atoms with Crippen LogP contribution in [-0.4, -0.2) is 18.2 Å². The Labute approximate surface area is 45.2 Å². The van der Waals surface area contributed by atoms with Gasteiger partial charge in [0.15, 0.2) is 6.61 Å². The van der Waals surface area contributed by atoms with Crippen LogP contribution in [0.15, 0.2) is 0 Å². The van der Waals surface area contributed by atoms with Crippen molar-refractivity contribution in [1.82, 2.24) is 0 Å². The quantitative estimate of drug-likeness (QED) is 0.439. The summed E-state index contributed by atoms with van der Waals surface area (Å²) >= 11 is 4.31. The maximum Gasteiger partial charge on any atom is 0.355 e. The van der Waals surface area contributed by atoms with E-state index in [0.717, 1.165) is 0 Å². The molecule has 1 heterocycles. The lowest BCUT2D eigenvalue weighted by Crippen LogP contribution is -1.98. The summed E-state index contributed by atoms with van der Waals surface area (Å²) in [4.78, 5) is 0. The SMILES string of the molecule is FC1COC(=S)O1. The minimum atomic E-state index is -1.34. The molecule has 0 N–H and O–H groups in total. The van der Waals surface area contributed by atoms with E-state index in [4.69, 9.17) is 0 Å². The molecule has 2 nitrogen and oxygen atoms in total. The predicted molar refractivity (Wildman–Crippen MR) is 24.5 cm³/mol. The van der Waals surface area contributed by atoms with E-state index in [0.29, 0.717) is 0 Å². The molecule has 1 unspecified atom stereocenters. The molecule has 0 bridgehead atoms. The number of rotatable bonds is 0. The Morgan fingerprint density at radius 1 is 1.86 bits per heavy atom. The fraction of sp³-hybridized carbons (Fsp3) is 0.667. The van der Waals surface area contributed by atoms with Gasteiger partial charge < -0.3 is 9.47 Å². The van der Waals surface area contributed by atoms with Crippen molar-refractivity contribution in [3.8, 4) is 0 Å². The van der Waals surface area contributed by atoms with Gasteiger partial charge in [0.1, 0.15) is 0 Å². The first-order valence-electron chi connectivity index (χ1n) is 1.76. The Kier molecular flexibility index (Phi) is 1.10. The van der Waals surface area contributed by atoms with E-state index < -0.39 is 6.36 Å². The molecule has 0 spiro atoms. The maximum absolute atomic E-state index is 11.7. The molecular formula is C3H3FO2S. The fourth-order valence-corrected chi connectivity index (χ4v) is 0.478. The molecule has 1 atom stereocenters. The minimum Gasteiger partial charge on any atom is -0.450 e. The number of thiocarbonyl (C=S) groups is 1. The van der Waals surface area contributed by atoms with Crippen molar-refractivity contribution in [3.63, 3.8) is 0 Å². The summed E-state index contributed by atoms with van der Waals surface area (Å²) in [7, 11) is 0. The Morgan fingerprint density at radius 2 is 2.57 bits per heavy atom. The second kappa shape index (κ2) is 1.61. The third-order valence-electron chi connectivity index (χ3n) is 0.556. The molecule has 1 fully saturated rings. The van der Waals surface area contributed by atoms with Crippen LogP contribution in [0.1, 0.15) is 0 Å². The Balaban J connectivity index is 2.40. The van der Waals surface area contributed by atoms with Gasteiger partial charge in [-0.1, -0.05) is 0 Å². The van der Waals surface area contributed by atoms with Crippen LogP contribution in [0.5, 0.6) is 0 Å². The van der Waals surface area contributed by atoms with Gasteiger partial charge in [-0.05, 0) is 0 Å². The Bertz CT molecular complexity index is 94.9. The van der Waals surface area contributed by atoms with Gasteiger partial charge in [-0.3, -0.25) is 0 Å². The summed E-state index contributed by atoms with van der Waals surface area (Å²) in [6.45, 7) is -0.0567. The molecule has 1 aliphatic rings. The highest BCUT2D eigenvalue weighted by atomic mass is 32.1. The minimum absolute atomic E-state index is 0.0567. The first-order valence-corrected chi connectivity index (χ1v) is 2.17. The first kappa shape index (κ1) is 4.77. The molecule has 0 aliphatic carbocycles. The molecule has 1 aliphatic heterocycles. The standard InChI is InChI=1S/C3H3FO2S/c4-2-1-5-3(7)6-2/h2H,1H2. The van der Waals surface area contributed by atoms with E-state index in [-0.39, 0.29) is 11.8 Å². The van der Waals surface area contributed by atoms with Gasteiger partial charge in [0.05, 0.1) is 0 Å². The molecule has 0 radical (unpaired) electrons. The predicted octanol–water partition coefficient (Wildman–Crippen LogP) is 0.614. The third kappa shape index (κ3) is 0.991. The van der Waals surface area contributed by atoms with Gasteiger partial charge in [-0.2, -0.15) is 4.39 Å². The van der Waals surface area contributed by atoms with Crippen LogP contribution in [0, 0.1) is 0 Å². The van der Waals surface area contributed by atoms with Crippen molar-refractivity contribution in [2.75, 3.05) is 6.61 Å². The number of alkyl halides is 1. The summed E-state index contributed by atoms with van der Waals surface area (Å²) in [5, 5.41) is -0.0903. The average Bonchev–Trinajstić information content (AvgIpc) is 1.87. The maximum atomic E-state index is 11.7. The van der Waals surface area contributed by atoms with E-state index in [1.54, 1.807) is 0 Å². The van der Waals surface area contributed by atoms with Crippen LogP contribution in [0.3, 0.4) is 0 Å². The molecule has 1 saturated heterocycles. The zero-order chi connectivity index (χ0) is 5.28. The second-order valence-corrected chi connectivity index (χ2v) is 1.42. The van der Waals surface area contributed by atoms with Gasteiger partial charge in [0, 0.05) is 12.2 Å². The lowest BCUT2D eigenvalue weighted by Gasteiger charge is -1.88. The normalized spacial score (nSPS) is 29.3. The highest BCUT2D eigenvalue weighted by Gasteiger charge is 2.19. The molecule has 0 aromatic rings. The number of ether oxygens (including phenoxy) is 2. The smallest absolute Gasteiger partial charge is 0.355 e. The Morgan fingerprint density at radius 3 is 2.71 bits per heavy atom. The van der Waals surface area contributed by atoms with E-state index in [1.165, 1.54) is 0 Å². The largest absolute Gasteiger partial charge is 0.450 e. The summed E-state index contributed by atoms with van der Waals surface area (Å²) in [6.07, 6.45) is -1.34. The summed E-state index contributed by atoms with van der Waals surface area (Å²) in [5.74, 6) is 0. The van der Waals surface area contributed by atoms with Crippen LogP contribution >= 0.6 is 12.2 Å². The van der Waals surface area contributed by atoms with Gasteiger partial charge in [-0.25, -0.2) is 0 Å². The van der Waals surface area contributed by atoms with E-state index in [1.807, 2.05) is 0 Å². The number of hydrogen-bond donors (Lipinski definition) is 0. The van der Waals surface area contributed by atoms with Gasteiger partial charge in [0.2, 0.25) is 0 Å². The molecule has 40 valence electrons. The molecular weight excluding hydrogens is 119 g/mol. The van der Waals surface area contributed by atoms with Crippen molar-refractivity contribution in [3.05, 3.63) is 0 Å². The van der Waals surface area contributed by atoms with Crippen LogP contribution in [-0.2, 0) is 9.47 Å². The molecule has 0 aromatic heterocycles. The molecule has 0 amide bonds. The monoisotopic (exact) mass is 122 g/mol. The molecule has 0 saturated carbocycles. The molecule has 0 aromatic carbocycles. The molecule has 1 rings (SSSR count). The first-order chi connectivity index (χ1) is 3.29. The van der Waals surface area contributed by atoms with Crippen LogP contribution < -0.4 is 0 Å². The fourth-order valence-electron chi connectivity index (χ4n) is 0.306. The van der Waals surface area contributed by atoms with Crippen molar-refractivity contribution in [1.29, 1.82) is 0 Å². The van der Waals surface area contributed by atoms with Gasteiger partial charge in [0.25, 0.3) is 6.36 Å². The van der Waals surface area contributed by atoms with Crippen molar-refractivity contribution >= 4 is 17.5 Å². The summed E-state index contributed by atoms with van der Waals surface area (Å²) in [5.41, 5.74) is 0. The van der Waals surface area contributed by atoms with Crippen LogP contribution in [0.25, 0.3) is 0 Å². The number of hydrogen-bond acceptors (Lipinski definition) is 3. The van der Waals surface area contributed by atoms with Crippen molar-refractivity contribution in [2.45, 2.75) is 6.36 Å². The van der Waals surface area contributed by atoms with Crippen molar-refractivity contribution < 1.29 is 13.9 Å².